The van der Waals surface area contributed by atoms with E-state index in [9.17, 15) is 4.79 Å². The molecule has 108 valence electrons. The van der Waals surface area contributed by atoms with Gasteiger partial charge in [0.15, 0.2) is 0 Å². The number of aryl methyl sites for hydroxylation is 1. The molecule has 0 saturated carbocycles. The van der Waals surface area contributed by atoms with Crippen LogP contribution < -0.4 is 5.32 Å². The minimum atomic E-state index is -0.160. The van der Waals surface area contributed by atoms with Crippen LogP contribution in [0.3, 0.4) is 0 Å². The van der Waals surface area contributed by atoms with E-state index in [4.69, 9.17) is 5.11 Å². The summed E-state index contributed by atoms with van der Waals surface area (Å²) in [6.07, 6.45) is 2.89. The van der Waals surface area contributed by atoms with Gasteiger partial charge in [-0.2, -0.15) is 0 Å². The van der Waals surface area contributed by atoms with E-state index in [-0.39, 0.29) is 12.5 Å². The van der Waals surface area contributed by atoms with Gasteiger partial charge in [0.1, 0.15) is 12.3 Å². The zero-order chi connectivity index (χ0) is 15.1. The minimum Gasteiger partial charge on any atom is -0.384 e. The van der Waals surface area contributed by atoms with Crippen LogP contribution in [0.25, 0.3) is 0 Å². The van der Waals surface area contributed by atoms with Gasteiger partial charge in [-0.25, -0.2) is 0 Å². The van der Waals surface area contributed by atoms with Crippen molar-refractivity contribution >= 4 is 11.6 Å². The lowest BCUT2D eigenvalue weighted by atomic mass is 10.2. The monoisotopic (exact) mass is 282 g/mol. The molecule has 1 aromatic carbocycles. The first kappa shape index (κ1) is 14.9. The van der Waals surface area contributed by atoms with E-state index >= 15 is 0 Å². The first-order valence-corrected chi connectivity index (χ1v) is 6.91. The molecule has 0 fully saturated rings. The zero-order valence-electron chi connectivity index (χ0n) is 12.0. The Kier molecular flexibility index (Phi) is 5.19. The topological polar surface area (TPSA) is 54.3 Å². The normalized spacial score (nSPS) is 9.81. The molecule has 4 heteroatoms. The highest BCUT2D eigenvalue weighted by Crippen LogP contribution is 2.12. The molecular weight excluding hydrogens is 264 g/mol. The molecule has 2 aromatic rings. The van der Waals surface area contributed by atoms with Gasteiger partial charge >= 0.3 is 0 Å². The number of benzene rings is 1. The van der Waals surface area contributed by atoms with Crippen LogP contribution in [0.4, 0.5) is 5.69 Å². The second-order valence-electron chi connectivity index (χ2n) is 4.58. The van der Waals surface area contributed by atoms with Crippen LogP contribution >= 0.6 is 0 Å². The number of anilines is 1. The van der Waals surface area contributed by atoms with E-state index in [2.05, 4.69) is 24.1 Å². The van der Waals surface area contributed by atoms with Crippen molar-refractivity contribution in [2.24, 2.45) is 0 Å². The number of nitrogens with one attached hydrogen (secondary N) is 1. The fourth-order valence-corrected chi connectivity index (χ4v) is 2.03. The van der Waals surface area contributed by atoms with Crippen LogP contribution in [0.5, 0.6) is 0 Å². The van der Waals surface area contributed by atoms with Crippen molar-refractivity contribution in [2.45, 2.75) is 19.9 Å². The lowest BCUT2D eigenvalue weighted by molar-refractivity contribution is 0.101. The van der Waals surface area contributed by atoms with Crippen LogP contribution in [0.2, 0.25) is 0 Å². The Balaban J connectivity index is 2.07. The maximum Gasteiger partial charge on any atom is 0.272 e. The van der Waals surface area contributed by atoms with E-state index in [1.807, 2.05) is 35.0 Å². The van der Waals surface area contributed by atoms with E-state index < -0.39 is 0 Å². The summed E-state index contributed by atoms with van der Waals surface area (Å²) >= 11 is 0. The number of carbonyl (C=O) groups is 1. The van der Waals surface area contributed by atoms with E-state index in [0.717, 1.165) is 24.2 Å². The summed E-state index contributed by atoms with van der Waals surface area (Å²) in [5, 5.41) is 11.5. The molecule has 0 unspecified atom stereocenters. The van der Waals surface area contributed by atoms with E-state index in [0.29, 0.717) is 5.69 Å². The Morgan fingerprint density at radius 2 is 2.05 bits per heavy atom. The van der Waals surface area contributed by atoms with E-state index in [1.165, 1.54) is 0 Å². The van der Waals surface area contributed by atoms with Crippen molar-refractivity contribution in [3.05, 3.63) is 53.9 Å². The number of carbonyl (C=O) groups excluding carboxylic acids is 1. The molecule has 0 aliphatic rings. The first-order valence-electron chi connectivity index (χ1n) is 6.91. The van der Waals surface area contributed by atoms with Crippen LogP contribution in [0, 0.1) is 11.8 Å². The Morgan fingerprint density at radius 1 is 1.29 bits per heavy atom. The number of aliphatic hydroxyl groups is 1. The number of nitrogens with zero attached hydrogens (tertiary/aromatic N) is 1. The maximum atomic E-state index is 12.2. The average Bonchev–Trinajstić information content (AvgIpc) is 2.95. The minimum absolute atomic E-state index is 0.123. The third-order valence-electron chi connectivity index (χ3n) is 2.98. The second-order valence-corrected chi connectivity index (χ2v) is 4.58. The molecule has 0 bridgehead atoms. The molecule has 4 nitrogen and oxygen atoms in total. The molecule has 0 radical (unpaired) electrons. The molecule has 1 amide bonds. The standard InChI is InChI=1S/C17H18N2O2/c1-2-11-19-12-3-6-16(19)17(21)18-15-9-7-14(8-10-15)5-4-13-20/h3,6-10,12,20H,2,11,13H2,1H3,(H,18,21). The SMILES string of the molecule is CCCn1cccc1C(=O)Nc1ccc(C#CCO)cc1. The highest BCUT2D eigenvalue weighted by molar-refractivity contribution is 6.03. The van der Waals surface area contributed by atoms with Gasteiger partial charge in [0.25, 0.3) is 5.91 Å². The smallest absolute Gasteiger partial charge is 0.272 e. The van der Waals surface area contributed by atoms with Crippen molar-refractivity contribution in [1.82, 2.24) is 4.57 Å². The van der Waals surface area contributed by atoms with Crippen LogP contribution in [-0.4, -0.2) is 22.2 Å². The first-order chi connectivity index (χ1) is 10.2. The number of aromatic nitrogens is 1. The van der Waals surface area contributed by atoms with Gasteiger partial charge in [0, 0.05) is 24.0 Å². The Labute approximate surface area is 124 Å². The molecule has 0 aliphatic heterocycles. The summed E-state index contributed by atoms with van der Waals surface area (Å²) in [7, 11) is 0. The molecule has 1 heterocycles. The number of hydrogen-bond donors (Lipinski definition) is 2. The molecule has 0 saturated heterocycles. The van der Waals surface area contributed by atoms with Gasteiger partial charge in [-0.1, -0.05) is 18.8 Å². The molecule has 21 heavy (non-hydrogen) atoms. The van der Waals surface area contributed by atoms with Crippen molar-refractivity contribution < 1.29 is 9.90 Å². The van der Waals surface area contributed by atoms with Gasteiger partial charge in [0.05, 0.1) is 0 Å². The molecule has 0 atom stereocenters. The average molecular weight is 282 g/mol. The van der Waals surface area contributed by atoms with Crippen LogP contribution in [0.1, 0.15) is 29.4 Å². The Morgan fingerprint density at radius 3 is 2.71 bits per heavy atom. The number of aliphatic hydroxyl groups excluding tert-OH is 1. The quantitative estimate of drug-likeness (QED) is 0.847. The Hall–Kier alpha value is -2.51. The molecule has 1 aromatic heterocycles. The van der Waals surface area contributed by atoms with Gasteiger partial charge in [-0.3, -0.25) is 4.79 Å². The van der Waals surface area contributed by atoms with Crippen molar-refractivity contribution in [3.63, 3.8) is 0 Å². The summed E-state index contributed by atoms with van der Waals surface area (Å²) in [5.74, 6) is 5.27. The highest BCUT2D eigenvalue weighted by atomic mass is 16.2. The Bertz CT molecular complexity index is 660. The summed E-state index contributed by atoms with van der Waals surface area (Å²) in [6, 6.07) is 10.9. The number of amides is 1. The third kappa shape index (κ3) is 3.98. The van der Waals surface area contributed by atoms with Gasteiger partial charge < -0.3 is 15.0 Å². The van der Waals surface area contributed by atoms with Gasteiger partial charge in [0.2, 0.25) is 0 Å². The van der Waals surface area contributed by atoms with Crippen molar-refractivity contribution in [2.75, 3.05) is 11.9 Å². The lowest BCUT2D eigenvalue weighted by Crippen LogP contribution is -2.16. The zero-order valence-corrected chi connectivity index (χ0v) is 12.0. The maximum absolute atomic E-state index is 12.2. The van der Waals surface area contributed by atoms with Crippen molar-refractivity contribution in [3.8, 4) is 11.8 Å². The van der Waals surface area contributed by atoms with Gasteiger partial charge in [-0.05, 0) is 42.8 Å². The molecular formula is C17H18N2O2. The van der Waals surface area contributed by atoms with Gasteiger partial charge in [-0.15, -0.1) is 0 Å². The van der Waals surface area contributed by atoms with Crippen LogP contribution in [-0.2, 0) is 6.54 Å². The summed E-state index contributed by atoms with van der Waals surface area (Å²) in [6.45, 7) is 2.74. The molecule has 0 spiro atoms. The summed E-state index contributed by atoms with van der Waals surface area (Å²) < 4.78 is 1.94. The predicted molar refractivity (Wildman–Crippen MR) is 83.1 cm³/mol. The highest BCUT2D eigenvalue weighted by Gasteiger charge is 2.10. The summed E-state index contributed by atoms with van der Waals surface area (Å²) in [4.78, 5) is 12.2. The predicted octanol–water partition coefficient (Wildman–Crippen LogP) is 2.49. The molecule has 2 rings (SSSR count). The second kappa shape index (κ2) is 7.32. The molecule has 0 aliphatic carbocycles. The number of hydrogen-bond acceptors (Lipinski definition) is 2. The van der Waals surface area contributed by atoms with Crippen molar-refractivity contribution in [1.29, 1.82) is 0 Å². The van der Waals surface area contributed by atoms with E-state index in [1.54, 1.807) is 12.1 Å². The number of rotatable bonds is 4. The fraction of sp³-hybridized carbons (Fsp3) is 0.235. The fourth-order valence-electron chi connectivity index (χ4n) is 2.03. The molecule has 2 N–H and O–H groups in total. The summed E-state index contributed by atoms with van der Waals surface area (Å²) in [5.41, 5.74) is 2.18. The lowest BCUT2D eigenvalue weighted by Gasteiger charge is -2.08. The largest absolute Gasteiger partial charge is 0.384 e. The third-order valence-corrected chi connectivity index (χ3v) is 2.98. The van der Waals surface area contributed by atoms with Crippen LogP contribution in [0.15, 0.2) is 42.6 Å².